The Bertz CT molecular complexity index is 469. The van der Waals surface area contributed by atoms with E-state index in [2.05, 4.69) is 20.8 Å². The van der Waals surface area contributed by atoms with Gasteiger partial charge >= 0.3 is 6.18 Å². The monoisotopic (exact) mass is 320 g/mol. The molecule has 1 heterocycles. The van der Waals surface area contributed by atoms with Gasteiger partial charge in [-0.3, -0.25) is 0 Å². The number of hydrogen-bond donors (Lipinski definition) is 0. The van der Waals surface area contributed by atoms with Crippen LogP contribution < -0.4 is 0 Å². The maximum Gasteiger partial charge on any atom is 0.416 e. The van der Waals surface area contributed by atoms with Gasteiger partial charge in [0, 0.05) is 0 Å². The third-order valence-corrected chi connectivity index (χ3v) is 7.66. The standard InChI is InChI=1S/C15H19F3S2/c1-13(2,3)14(19-8-5-9-20-14)11-6-4-7-12(10-11)15(16,17)18/h4,6-7,10H,5,8-9H2,1-3H3. The van der Waals surface area contributed by atoms with Crippen LogP contribution in [-0.2, 0) is 10.3 Å². The summed E-state index contributed by atoms with van der Waals surface area (Å²) in [6.45, 7) is 6.33. The molecule has 5 heteroatoms. The second-order valence-corrected chi connectivity index (χ2v) is 8.87. The van der Waals surface area contributed by atoms with Crippen LogP contribution in [0.2, 0.25) is 0 Å². The van der Waals surface area contributed by atoms with Crippen molar-refractivity contribution in [1.82, 2.24) is 0 Å². The lowest BCUT2D eigenvalue weighted by Crippen LogP contribution is -2.36. The van der Waals surface area contributed by atoms with Gasteiger partial charge in [-0.1, -0.05) is 32.9 Å². The first kappa shape index (κ1) is 16.1. The Balaban J connectivity index is 2.50. The third-order valence-electron chi connectivity index (χ3n) is 3.46. The Morgan fingerprint density at radius 1 is 1.05 bits per heavy atom. The third kappa shape index (κ3) is 2.98. The number of halogens is 3. The van der Waals surface area contributed by atoms with E-state index < -0.39 is 11.7 Å². The molecule has 20 heavy (non-hydrogen) atoms. The molecule has 0 amide bonds. The van der Waals surface area contributed by atoms with Crippen molar-refractivity contribution in [2.75, 3.05) is 11.5 Å². The van der Waals surface area contributed by atoms with Gasteiger partial charge in [0.25, 0.3) is 0 Å². The molecule has 0 nitrogen and oxygen atoms in total. The lowest BCUT2D eigenvalue weighted by Gasteiger charge is -2.46. The average molecular weight is 320 g/mol. The van der Waals surface area contributed by atoms with E-state index in [0.29, 0.717) is 0 Å². The lowest BCUT2D eigenvalue weighted by atomic mass is 9.86. The second-order valence-electron chi connectivity index (χ2n) is 6.00. The van der Waals surface area contributed by atoms with Crippen molar-refractivity contribution in [2.24, 2.45) is 5.41 Å². The van der Waals surface area contributed by atoms with E-state index in [0.717, 1.165) is 29.6 Å². The fourth-order valence-corrected chi connectivity index (χ4v) is 6.09. The highest BCUT2D eigenvalue weighted by molar-refractivity contribution is 8.18. The molecule has 1 saturated heterocycles. The van der Waals surface area contributed by atoms with E-state index in [1.165, 1.54) is 12.1 Å². The minimum absolute atomic E-state index is 0.104. The summed E-state index contributed by atoms with van der Waals surface area (Å²) in [5, 5.41) is 0. The first-order valence-corrected chi connectivity index (χ1v) is 8.60. The number of alkyl halides is 3. The van der Waals surface area contributed by atoms with Crippen molar-refractivity contribution in [2.45, 2.75) is 37.4 Å². The minimum Gasteiger partial charge on any atom is -0.166 e. The summed E-state index contributed by atoms with van der Waals surface area (Å²) in [4.78, 5) is 0. The van der Waals surface area contributed by atoms with Crippen LogP contribution in [0.5, 0.6) is 0 Å². The van der Waals surface area contributed by atoms with E-state index in [9.17, 15) is 13.2 Å². The van der Waals surface area contributed by atoms with Crippen molar-refractivity contribution in [1.29, 1.82) is 0 Å². The highest BCUT2D eigenvalue weighted by Crippen LogP contribution is 2.60. The zero-order valence-electron chi connectivity index (χ0n) is 11.9. The predicted molar refractivity (Wildman–Crippen MR) is 82.1 cm³/mol. The zero-order valence-corrected chi connectivity index (χ0v) is 13.5. The van der Waals surface area contributed by atoms with E-state index in [4.69, 9.17) is 0 Å². The van der Waals surface area contributed by atoms with Gasteiger partial charge in [-0.2, -0.15) is 13.2 Å². The molecule has 0 radical (unpaired) electrons. The van der Waals surface area contributed by atoms with Gasteiger partial charge < -0.3 is 0 Å². The minimum atomic E-state index is -4.28. The van der Waals surface area contributed by atoms with Crippen LogP contribution in [0.4, 0.5) is 13.2 Å². The van der Waals surface area contributed by atoms with E-state index in [-0.39, 0.29) is 9.49 Å². The molecule has 0 unspecified atom stereocenters. The highest BCUT2D eigenvalue weighted by Gasteiger charge is 2.46. The molecule has 0 spiro atoms. The van der Waals surface area contributed by atoms with Gasteiger partial charge in [0.15, 0.2) is 0 Å². The van der Waals surface area contributed by atoms with Crippen LogP contribution in [0.15, 0.2) is 24.3 Å². The summed E-state index contributed by atoms with van der Waals surface area (Å²) < 4.78 is 38.5. The average Bonchev–Trinajstić information content (AvgIpc) is 2.37. The quantitative estimate of drug-likeness (QED) is 0.644. The van der Waals surface area contributed by atoms with Crippen LogP contribution in [0, 0.1) is 5.41 Å². The maximum absolute atomic E-state index is 12.9. The number of hydrogen-bond acceptors (Lipinski definition) is 2. The Kier molecular flexibility index (Phi) is 4.41. The predicted octanol–water partition coefficient (Wildman–Crippen LogP) is 5.77. The summed E-state index contributed by atoms with van der Waals surface area (Å²) in [5.74, 6) is 2.00. The van der Waals surface area contributed by atoms with Crippen molar-refractivity contribution < 1.29 is 13.2 Å². The molecule has 0 aromatic heterocycles. The molecule has 0 N–H and O–H groups in total. The van der Waals surface area contributed by atoms with Crippen LogP contribution in [0.1, 0.15) is 38.3 Å². The Hall–Kier alpha value is -0.290. The molecule has 112 valence electrons. The summed E-state index contributed by atoms with van der Waals surface area (Å²) in [6.07, 6.45) is -3.16. The molecule has 1 fully saturated rings. The zero-order chi connectivity index (χ0) is 15.0. The molecule has 2 rings (SSSR count). The van der Waals surface area contributed by atoms with Gasteiger partial charge in [-0.15, -0.1) is 23.5 Å². The summed E-state index contributed by atoms with van der Waals surface area (Å²) in [6, 6.07) is 5.85. The molecule has 1 aliphatic rings. The molecule has 0 saturated carbocycles. The van der Waals surface area contributed by atoms with Crippen LogP contribution in [-0.4, -0.2) is 11.5 Å². The van der Waals surface area contributed by atoms with Crippen LogP contribution in [0.3, 0.4) is 0 Å². The summed E-state index contributed by atoms with van der Waals surface area (Å²) in [7, 11) is 0. The van der Waals surface area contributed by atoms with Gasteiger partial charge in [0.05, 0.1) is 9.64 Å². The van der Waals surface area contributed by atoms with E-state index in [1.54, 1.807) is 23.5 Å². The summed E-state index contributed by atoms with van der Waals surface area (Å²) in [5.41, 5.74) is 0.132. The van der Waals surface area contributed by atoms with Crippen LogP contribution >= 0.6 is 23.5 Å². The number of rotatable bonds is 1. The van der Waals surface area contributed by atoms with Crippen molar-refractivity contribution in [3.05, 3.63) is 35.4 Å². The fraction of sp³-hybridized carbons (Fsp3) is 0.600. The molecule has 1 aromatic carbocycles. The van der Waals surface area contributed by atoms with Crippen molar-refractivity contribution in [3.8, 4) is 0 Å². The molecule has 0 atom stereocenters. The molecule has 1 aromatic rings. The van der Waals surface area contributed by atoms with Gasteiger partial charge in [-0.25, -0.2) is 0 Å². The topological polar surface area (TPSA) is 0 Å². The smallest absolute Gasteiger partial charge is 0.166 e. The summed E-state index contributed by atoms with van der Waals surface area (Å²) >= 11 is 3.57. The van der Waals surface area contributed by atoms with E-state index >= 15 is 0 Å². The number of thioether (sulfide) groups is 2. The Labute approximate surface area is 126 Å². The van der Waals surface area contributed by atoms with Crippen LogP contribution in [0.25, 0.3) is 0 Å². The number of benzene rings is 1. The first-order chi connectivity index (χ1) is 9.17. The SMILES string of the molecule is CC(C)(C)C1(c2cccc(C(F)(F)F)c2)SCCCS1. The van der Waals surface area contributed by atoms with E-state index in [1.807, 2.05) is 6.07 Å². The Morgan fingerprint density at radius 2 is 1.65 bits per heavy atom. The Morgan fingerprint density at radius 3 is 2.15 bits per heavy atom. The molecule has 0 bridgehead atoms. The van der Waals surface area contributed by atoms with Crippen molar-refractivity contribution >= 4 is 23.5 Å². The largest absolute Gasteiger partial charge is 0.416 e. The van der Waals surface area contributed by atoms with Gasteiger partial charge in [0.1, 0.15) is 0 Å². The van der Waals surface area contributed by atoms with Gasteiger partial charge in [0.2, 0.25) is 0 Å². The maximum atomic E-state index is 12.9. The lowest BCUT2D eigenvalue weighted by molar-refractivity contribution is -0.137. The molecule has 0 aliphatic carbocycles. The highest BCUT2D eigenvalue weighted by atomic mass is 32.2. The molecular weight excluding hydrogens is 301 g/mol. The first-order valence-electron chi connectivity index (χ1n) is 6.62. The van der Waals surface area contributed by atoms with Gasteiger partial charge in [-0.05, 0) is 41.0 Å². The molecule has 1 aliphatic heterocycles. The second kappa shape index (κ2) is 5.48. The fourth-order valence-electron chi connectivity index (χ4n) is 2.47. The normalized spacial score (nSPS) is 19.9. The molecular formula is C15H19F3S2. The van der Waals surface area contributed by atoms with Crippen molar-refractivity contribution in [3.63, 3.8) is 0 Å².